The average Bonchev–Trinajstić information content (AvgIpc) is 2.53. The second-order valence-electron chi connectivity index (χ2n) is 5.44. The Morgan fingerprint density at radius 2 is 1.91 bits per heavy atom. The van der Waals surface area contributed by atoms with Gasteiger partial charge in [0.2, 0.25) is 0 Å². The van der Waals surface area contributed by atoms with Crippen LogP contribution in [0.25, 0.3) is 0 Å². The SMILES string of the molecule is Cc1ccc2c(c1)N(CC(=O)c1ccccc1)C(=O)C(C)O2. The van der Waals surface area contributed by atoms with E-state index in [1.165, 1.54) is 4.90 Å². The third-order valence-corrected chi connectivity index (χ3v) is 3.72. The Kier molecular flexibility index (Phi) is 3.67. The molecule has 0 radical (unpaired) electrons. The number of ether oxygens (including phenoxy) is 1. The monoisotopic (exact) mass is 295 g/mol. The highest BCUT2D eigenvalue weighted by Crippen LogP contribution is 2.34. The number of Topliss-reactive ketones (excluding diaryl/α,β-unsaturated/α-hetero) is 1. The lowest BCUT2D eigenvalue weighted by atomic mass is 10.1. The molecule has 0 saturated carbocycles. The topological polar surface area (TPSA) is 46.6 Å². The smallest absolute Gasteiger partial charge is 0.268 e. The number of carbonyl (C=O) groups excluding carboxylic acids is 2. The van der Waals surface area contributed by atoms with Gasteiger partial charge in [-0.3, -0.25) is 14.5 Å². The predicted molar refractivity (Wildman–Crippen MR) is 84.4 cm³/mol. The van der Waals surface area contributed by atoms with Crippen molar-refractivity contribution < 1.29 is 14.3 Å². The Balaban J connectivity index is 1.94. The van der Waals surface area contributed by atoms with Crippen molar-refractivity contribution in [2.24, 2.45) is 0 Å². The number of fused-ring (bicyclic) bond motifs is 1. The van der Waals surface area contributed by atoms with E-state index >= 15 is 0 Å². The van der Waals surface area contributed by atoms with Gasteiger partial charge in [-0.15, -0.1) is 0 Å². The Bertz CT molecular complexity index is 724. The van der Waals surface area contributed by atoms with Crippen LogP contribution in [-0.4, -0.2) is 24.3 Å². The molecule has 2 aromatic rings. The molecule has 0 spiro atoms. The van der Waals surface area contributed by atoms with E-state index in [9.17, 15) is 9.59 Å². The van der Waals surface area contributed by atoms with Gasteiger partial charge in [0.25, 0.3) is 5.91 Å². The van der Waals surface area contributed by atoms with E-state index in [1.54, 1.807) is 19.1 Å². The van der Waals surface area contributed by atoms with Crippen molar-refractivity contribution in [3.05, 3.63) is 59.7 Å². The molecule has 0 saturated heterocycles. The molecule has 1 unspecified atom stereocenters. The van der Waals surface area contributed by atoms with Crippen molar-refractivity contribution in [1.82, 2.24) is 0 Å². The molecule has 0 aliphatic carbocycles. The number of benzene rings is 2. The first kappa shape index (κ1) is 14.3. The zero-order valence-electron chi connectivity index (χ0n) is 12.6. The van der Waals surface area contributed by atoms with Crippen LogP contribution < -0.4 is 9.64 Å². The molecular weight excluding hydrogens is 278 g/mol. The maximum absolute atomic E-state index is 12.4. The fourth-order valence-corrected chi connectivity index (χ4v) is 2.54. The molecular formula is C18H17NO3. The van der Waals surface area contributed by atoms with E-state index in [0.29, 0.717) is 17.0 Å². The van der Waals surface area contributed by atoms with Gasteiger partial charge in [-0.05, 0) is 31.5 Å². The lowest BCUT2D eigenvalue weighted by Gasteiger charge is -2.32. The molecule has 22 heavy (non-hydrogen) atoms. The number of rotatable bonds is 3. The molecule has 4 heteroatoms. The van der Waals surface area contributed by atoms with E-state index in [0.717, 1.165) is 5.56 Å². The highest BCUT2D eigenvalue weighted by Gasteiger charge is 2.32. The van der Waals surface area contributed by atoms with Gasteiger partial charge in [0.1, 0.15) is 5.75 Å². The normalized spacial score (nSPS) is 16.9. The van der Waals surface area contributed by atoms with Crippen LogP contribution in [0.5, 0.6) is 5.75 Å². The van der Waals surface area contributed by atoms with Crippen LogP contribution in [0.2, 0.25) is 0 Å². The first-order valence-corrected chi connectivity index (χ1v) is 7.23. The summed E-state index contributed by atoms with van der Waals surface area (Å²) in [6.07, 6.45) is -0.584. The summed E-state index contributed by atoms with van der Waals surface area (Å²) < 4.78 is 5.61. The quantitative estimate of drug-likeness (QED) is 0.818. The van der Waals surface area contributed by atoms with E-state index < -0.39 is 6.10 Å². The molecule has 0 N–H and O–H groups in total. The molecule has 1 amide bonds. The number of nitrogens with zero attached hydrogens (tertiary/aromatic N) is 1. The van der Waals surface area contributed by atoms with Crippen LogP contribution in [0.1, 0.15) is 22.8 Å². The Labute approximate surface area is 129 Å². The van der Waals surface area contributed by atoms with Crippen LogP contribution in [0.4, 0.5) is 5.69 Å². The summed E-state index contributed by atoms with van der Waals surface area (Å²) >= 11 is 0. The lowest BCUT2D eigenvalue weighted by Crippen LogP contribution is -2.46. The number of hydrogen-bond acceptors (Lipinski definition) is 3. The van der Waals surface area contributed by atoms with Crippen molar-refractivity contribution in [1.29, 1.82) is 0 Å². The van der Waals surface area contributed by atoms with Crippen LogP contribution in [-0.2, 0) is 4.79 Å². The third kappa shape index (κ3) is 2.60. The summed E-state index contributed by atoms with van der Waals surface area (Å²) in [5.74, 6) is 0.358. The van der Waals surface area contributed by atoms with Gasteiger partial charge in [0.15, 0.2) is 11.9 Å². The first-order valence-electron chi connectivity index (χ1n) is 7.23. The van der Waals surface area contributed by atoms with Gasteiger partial charge >= 0.3 is 0 Å². The molecule has 112 valence electrons. The van der Waals surface area contributed by atoms with Crippen LogP contribution >= 0.6 is 0 Å². The molecule has 0 fully saturated rings. The van der Waals surface area contributed by atoms with Gasteiger partial charge in [0.05, 0.1) is 12.2 Å². The number of hydrogen-bond donors (Lipinski definition) is 0. The maximum Gasteiger partial charge on any atom is 0.268 e. The highest BCUT2D eigenvalue weighted by atomic mass is 16.5. The van der Waals surface area contributed by atoms with Gasteiger partial charge < -0.3 is 4.74 Å². The Morgan fingerprint density at radius 3 is 2.64 bits per heavy atom. The standard InChI is InChI=1S/C18H17NO3/c1-12-8-9-17-15(10-12)19(18(21)13(2)22-17)11-16(20)14-6-4-3-5-7-14/h3-10,13H,11H2,1-2H3. The van der Waals surface area contributed by atoms with E-state index in [1.807, 2.05) is 43.3 Å². The Hall–Kier alpha value is -2.62. The summed E-state index contributed by atoms with van der Waals surface area (Å²) in [5.41, 5.74) is 2.28. The average molecular weight is 295 g/mol. The second kappa shape index (κ2) is 5.64. The molecule has 1 aliphatic rings. The molecule has 1 aliphatic heterocycles. The number of amides is 1. The molecule has 4 nitrogen and oxygen atoms in total. The zero-order chi connectivity index (χ0) is 15.7. The number of ketones is 1. The zero-order valence-corrected chi connectivity index (χ0v) is 12.6. The molecule has 0 bridgehead atoms. The first-order chi connectivity index (χ1) is 10.6. The van der Waals surface area contributed by atoms with Crippen molar-refractivity contribution in [2.75, 3.05) is 11.4 Å². The third-order valence-electron chi connectivity index (χ3n) is 3.72. The summed E-state index contributed by atoms with van der Waals surface area (Å²) in [4.78, 5) is 26.4. The van der Waals surface area contributed by atoms with E-state index in [2.05, 4.69) is 0 Å². The minimum Gasteiger partial charge on any atom is -0.479 e. The second-order valence-corrected chi connectivity index (χ2v) is 5.44. The van der Waals surface area contributed by atoms with Crippen molar-refractivity contribution in [3.8, 4) is 5.75 Å². The highest BCUT2D eigenvalue weighted by molar-refractivity contribution is 6.08. The van der Waals surface area contributed by atoms with E-state index in [-0.39, 0.29) is 18.2 Å². The molecule has 3 rings (SSSR count). The van der Waals surface area contributed by atoms with Gasteiger partial charge in [-0.1, -0.05) is 36.4 Å². The minimum atomic E-state index is -0.584. The molecule has 1 heterocycles. The van der Waals surface area contributed by atoms with Gasteiger partial charge in [0, 0.05) is 5.56 Å². The van der Waals surface area contributed by atoms with Crippen LogP contribution in [0.3, 0.4) is 0 Å². The van der Waals surface area contributed by atoms with Gasteiger partial charge in [-0.25, -0.2) is 0 Å². The van der Waals surface area contributed by atoms with Crippen LogP contribution in [0.15, 0.2) is 48.5 Å². The Morgan fingerprint density at radius 1 is 1.18 bits per heavy atom. The van der Waals surface area contributed by atoms with Crippen molar-refractivity contribution in [3.63, 3.8) is 0 Å². The van der Waals surface area contributed by atoms with Gasteiger partial charge in [-0.2, -0.15) is 0 Å². The lowest BCUT2D eigenvalue weighted by molar-refractivity contribution is -0.125. The summed E-state index contributed by atoms with van der Waals surface area (Å²) in [5, 5.41) is 0. The van der Waals surface area contributed by atoms with E-state index in [4.69, 9.17) is 4.74 Å². The van der Waals surface area contributed by atoms with Crippen LogP contribution in [0, 0.1) is 6.92 Å². The molecule has 1 atom stereocenters. The molecule has 0 aromatic heterocycles. The fourth-order valence-electron chi connectivity index (χ4n) is 2.54. The summed E-state index contributed by atoms with van der Waals surface area (Å²) in [6.45, 7) is 3.66. The number of carbonyl (C=O) groups is 2. The summed E-state index contributed by atoms with van der Waals surface area (Å²) in [6, 6.07) is 14.6. The minimum absolute atomic E-state index is 0.0208. The fraction of sp³-hybridized carbons (Fsp3) is 0.222. The molecule has 2 aromatic carbocycles. The maximum atomic E-state index is 12.4. The number of aryl methyl sites for hydroxylation is 1. The summed E-state index contributed by atoms with van der Waals surface area (Å²) in [7, 11) is 0. The predicted octanol–water partition coefficient (Wildman–Crippen LogP) is 2.99. The van der Waals surface area contributed by atoms with Crippen molar-refractivity contribution in [2.45, 2.75) is 20.0 Å². The largest absolute Gasteiger partial charge is 0.479 e. The van der Waals surface area contributed by atoms with Crippen molar-refractivity contribution >= 4 is 17.4 Å². The number of anilines is 1.